The number of benzene rings is 1. The predicted molar refractivity (Wildman–Crippen MR) is 72.9 cm³/mol. The minimum absolute atomic E-state index is 0.137. The van der Waals surface area contributed by atoms with Gasteiger partial charge in [-0.25, -0.2) is 0 Å². The molecule has 19 heavy (non-hydrogen) atoms. The number of nitrogens with two attached hydrogens (primary N) is 1. The molecule has 0 fully saturated rings. The molecule has 1 aromatic carbocycles. The van der Waals surface area contributed by atoms with E-state index in [0.29, 0.717) is 13.0 Å². The molecule has 2 rings (SSSR count). The molecular formula is C15H17NO3. The molecule has 4 nitrogen and oxygen atoms in total. The van der Waals surface area contributed by atoms with Crippen molar-refractivity contribution in [3.05, 3.63) is 53.3 Å². The molecule has 0 aromatic heterocycles. The summed E-state index contributed by atoms with van der Waals surface area (Å²) in [5.74, 6) is -0.374. The zero-order valence-corrected chi connectivity index (χ0v) is 10.6. The lowest BCUT2D eigenvalue weighted by molar-refractivity contribution is -0.117. The SMILES string of the molecule is NC(=O)C1=CC(c2ccccc2)=C(CCCO)CO1. The van der Waals surface area contributed by atoms with E-state index in [1.807, 2.05) is 30.3 Å². The molecule has 0 aliphatic carbocycles. The van der Waals surface area contributed by atoms with Crippen molar-refractivity contribution >= 4 is 11.5 Å². The molecule has 1 aliphatic heterocycles. The Labute approximate surface area is 112 Å². The summed E-state index contributed by atoms with van der Waals surface area (Å²) in [5, 5.41) is 8.94. The van der Waals surface area contributed by atoms with Crippen molar-refractivity contribution in [2.24, 2.45) is 5.73 Å². The maximum atomic E-state index is 11.2. The van der Waals surface area contributed by atoms with Crippen LogP contribution in [0.2, 0.25) is 0 Å². The van der Waals surface area contributed by atoms with Gasteiger partial charge in [0.15, 0.2) is 5.76 Å². The number of ether oxygens (including phenoxy) is 1. The Morgan fingerprint density at radius 1 is 1.32 bits per heavy atom. The highest BCUT2D eigenvalue weighted by molar-refractivity contribution is 5.94. The highest BCUT2D eigenvalue weighted by atomic mass is 16.5. The smallest absolute Gasteiger partial charge is 0.283 e. The van der Waals surface area contributed by atoms with Crippen LogP contribution in [0, 0.1) is 0 Å². The molecule has 0 bridgehead atoms. The largest absolute Gasteiger partial charge is 0.483 e. The van der Waals surface area contributed by atoms with Crippen LogP contribution in [0.4, 0.5) is 0 Å². The van der Waals surface area contributed by atoms with E-state index in [4.69, 9.17) is 15.6 Å². The summed E-state index contributed by atoms with van der Waals surface area (Å²) < 4.78 is 5.35. The molecule has 1 aromatic rings. The van der Waals surface area contributed by atoms with E-state index in [9.17, 15) is 4.79 Å². The Morgan fingerprint density at radius 2 is 2.05 bits per heavy atom. The molecule has 100 valence electrons. The van der Waals surface area contributed by atoms with Crippen LogP contribution in [0.1, 0.15) is 18.4 Å². The van der Waals surface area contributed by atoms with Gasteiger partial charge in [-0.2, -0.15) is 0 Å². The van der Waals surface area contributed by atoms with Crippen LogP contribution in [0.3, 0.4) is 0 Å². The van der Waals surface area contributed by atoms with E-state index in [1.54, 1.807) is 6.08 Å². The summed E-state index contributed by atoms with van der Waals surface area (Å²) >= 11 is 0. The second-order valence-electron chi connectivity index (χ2n) is 4.37. The van der Waals surface area contributed by atoms with Crippen LogP contribution in [0.5, 0.6) is 0 Å². The number of carbonyl (C=O) groups is 1. The fourth-order valence-electron chi connectivity index (χ4n) is 2.06. The lowest BCUT2D eigenvalue weighted by Crippen LogP contribution is -2.20. The van der Waals surface area contributed by atoms with Gasteiger partial charge in [0.2, 0.25) is 0 Å². The van der Waals surface area contributed by atoms with Gasteiger partial charge in [0, 0.05) is 6.61 Å². The molecule has 3 N–H and O–H groups in total. The Hall–Kier alpha value is -2.07. The van der Waals surface area contributed by atoms with Crippen LogP contribution >= 0.6 is 0 Å². The molecule has 0 saturated heterocycles. The van der Waals surface area contributed by atoms with Crippen LogP contribution in [0.15, 0.2) is 47.7 Å². The van der Waals surface area contributed by atoms with Crippen LogP contribution in [-0.4, -0.2) is 24.2 Å². The molecular weight excluding hydrogens is 242 g/mol. The number of primary amides is 1. The van der Waals surface area contributed by atoms with Gasteiger partial charge < -0.3 is 15.6 Å². The highest BCUT2D eigenvalue weighted by Gasteiger charge is 2.18. The molecule has 0 radical (unpaired) electrons. The average molecular weight is 259 g/mol. The quantitative estimate of drug-likeness (QED) is 0.843. The molecule has 1 aliphatic rings. The molecule has 1 amide bonds. The van der Waals surface area contributed by atoms with Gasteiger partial charge in [0.25, 0.3) is 5.91 Å². The minimum Gasteiger partial charge on any atom is -0.483 e. The van der Waals surface area contributed by atoms with Gasteiger partial charge in [-0.15, -0.1) is 0 Å². The highest BCUT2D eigenvalue weighted by Crippen LogP contribution is 2.28. The monoisotopic (exact) mass is 259 g/mol. The standard InChI is InChI=1S/C15H17NO3/c16-15(18)14-9-13(11-5-2-1-3-6-11)12(10-19-14)7-4-8-17/h1-3,5-6,9,17H,4,7-8,10H2,(H2,16,18). The molecule has 0 unspecified atom stereocenters. The van der Waals surface area contributed by atoms with Gasteiger partial charge in [-0.3, -0.25) is 4.79 Å². The van der Waals surface area contributed by atoms with Gasteiger partial charge in [-0.05, 0) is 35.6 Å². The first-order valence-corrected chi connectivity index (χ1v) is 6.25. The number of rotatable bonds is 5. The Kier molecular flexibility index (Phi) is 4.36. The predicted octanol–water partition coefficient (Wildman–Crippen LogP) is 1.61. The van der Waals surface area contributed by atoms with Crippen LogP contribution in [0.25, 0.3) is 5.57 Å². The number of aliphatic hydroxyl groups excluding tert-OH is 1. The van der Waals surface area contributed by atoms with Crippen LogP contribution in [-0.2, 0) is 9.53 Å². The lowest BCUT2D eigenvalue weighted by Gasteiger charge is -2.20. The average Bonchev–Trinajstić information content (AvgIpc) is 2.45. The van der Waals surface area contributed by atoms with Gasteiger partial charge in [0.05, 0.1) is 0 Å². The summed E-state index contributed by atoms with van der Waals surface area (Å²) in [4.78, 5) is 11.2. The Bertz CT molecular complexity index is 517. The van der Waals surface area contributed by atoms with Crippen molar-refractivity contribution in [3.63, 3.8) is 0 Å². The van der Waals surface area contributed by atoms with Gasteiger partial charge in [0.1, 0.15) is 6.61 Å². The number of hydrogen-bond donors (Lipinski definition) is 2. The third kappa shape index (κ3) is 3.23. The first kappa shape index (κ1) is 13.4. The van der Waals surface area contributed by atoms with E-state index in [0.717, 1.165) is 23.1 Å². The van der Waals surface area contributed by atoms with Crippen molar-refractivity contribution in [1.29, 1.82) is 0 Å². The van der Waals surface area contributed by atoms with Crippen molar-refractivity contribution in [2.45, 2.75) is 12.8 Å². The first-order chi connectivity index (χ1) is 9.22. The van der Waals surface area contributed by atoms with Gasteiger partial charge in [-0.1, -0.05) is 30.3 Å². The van der Waals surface area contributed by atoms with Gasteiger partial charge >= 0.3 is 0 Å². The Morgan fingerprint density at radius 3 is 2.68 bits per heavy atom. The lowest BCUT2D eigenvalue weighted by atomic mass is 9.95. The van der Waals surface area contributed by atoms with Crippen molar-refractivity contribution in [3.8, 4) is 0 Å². The number of amides is 1. The normalized spacial score (nSPS) is 14.9. The van der Waals surface area contributed by atoms with Crippen LogP contribution < -0.4 is 5.73 Å². The third-order valence-corrected chi connectivity index (χ3v) is 3.02. The van der Waals surface area contributed by atoms with Crippen molar-refractivity contribution in [2.75, 3.05) is 13.2 Å². The maximum Gasteiger partial charge on any atom is 0.283 e. The fraction of sp³-hybridized carbons (Fsp3) is 0.267. The molecule has 1 heterocycles. The summed E-state index contributed by atoms with van der Waals surface area (Å²) in [5.41, 5.74) is 8.32. The minimum atomic E-state index is -0.561. The molecule has 4 heteroatoms. The topological polar surface area (TPSA) is 72.6 Å². The van der Waals surface area contributed by atoms with E-state index in [2.05, 4.69) is 0 Å². The number of allylic oxidation sites excluding steroid dienone is 2. The summed E-state index contributed by atoms with van der Waals surface area (Å²) in [6.07, 6.45) is 3.10. The van der Waals surface area contributed by atoms with E-state index in [1.165, 1.54) is 0 Å². The number of carbonyl (C=O) groups excluding carboxylic acids is 1. The summed E-state index contributed by atoms with van der Waals surface area (Å²) in [6, 6.07) is 9.79. The number of aliphatic hydroxyl groups is 1. The second-order valence-corrected chi connectivity index (χ2v) is 4.37. The second kappa shape index (κ2) is 6.20. The molecule has 0 spiro atoms. The summed E-state index contributed by atoms with van der Waals surface area (Å²) in [6.45, 7) is 0.483. The van der Waals surface area contributed by atoms with Crippen molar-refractivity contribution in [1.82, 2.24) is 0 Å². The van der Waals surface area contributed by atoms with Crippen molar-refractivity contribution < 1.29 is 14.6 Å². The summed E-state index contributed by atoms with van der Waals surface area (Å²) in [7, 11) is 0. The fourth-order valence-corrected chi connectivity index (χ4v) is 2.06. The number of hydrogen-bond acceptors (Lipinski definition) is 3. The van der Waals surface area contributed by atoms with E-state index >= 15 is 0 Å². The Balaban J connectivity index is 2.39. The zero-order valence-electron chi connectivity index (χ0n) is 10.6. The zero-order chi connectivity index (χ0) is 13.7. The third-order valence-electron chi connectivity index (χ3n) is 3.02. The van der Waals surface area contributed by atoms with E-state index in [-0.39, 0.29) is 12.4 Å². The van der Waals surface area contributed by atoms with E-state index < -0.39 is 5.91 Å². The molecule has 0 atom stereocenters. The maximum absolute atomic E-state index is 11.2. The molecule has 0 saturated carbocycles. The first-order valence-electron chi connectivity index (χ1n) is 6.25.